The molecule has 0 unspecified atom stereocenters. The highest BCUT2D eigenvalue weighted by Gasteiger charge is 2.41. The Morgan fingerprint density at radius 3 is 2.76 bits per heavy atom. The molecule has 0 bridgehead atoms. The normalized spacial score (nSPS) is 21.6. The van der Waals surface area contributed by atoms with E-state index >= 15 is 0 Å². The summed E-state index contributed by atoms with van der Waals surface area (Å²) in [6, 6.07) is 5.89. The summed E-state index contributed by atoms with van der Waals surface area (Å²) < 4.78 is 5.96. The average Bonchev–Trinajstić information content (AvgIpc) is 2.31. The minimum atomic E-state index is -0.235. The van der Waals surface area contributed by atoms with Crippen molar-refractivity contribution < 1.29 is 4.74 Å². The van der Waals surface area contributed by atoms with Crippen LogP contribution in [0.15, 0.2) is 18.2 Å². The highest BCUT2D eigenvalue weighted by Crippen LogP contribution is 2.46. The van der Waals surface area contributed by atoms with Crippen molar-refractivity contribution in [1.29, 1.82) is 0 Å². The van der Waals surface area contributed by atoms with Crippen LogP contribution in [0.25, 0.3) is 0 Å². The van der Waals surface area contributed by atoms with Crippen LogP contribution in [0.4, 0.5) is 5.69 Å². The van der Waals surface area contributed by atoms with Gasteiger partial charge in [-0.05, 0) is 56.1 Å². The maximum atomic E-state index is 6.10. The van der Waals surface area contributed by atoms with Crippen molar-refractivity contribution in [3.63, 3.8) is 0 Å². The zero-order valence-corrected chi connectivity index (χ0v) is 11.0. The summed E-state index contributed by atoms with van der Waals surface area (Å²) in [5.41, 5.74) is 1.98. The lowest BCUT2D eigenvalue weighted by Gasteiger charge is -2.42. The Morgan fingerprint density at radius 1 is 1.24 bits per heavy atom. The standard InChI is InChI=1S/C13H14ClNOS/c14-9-4-5-11-10(8-9)13(16-12(17)15-11)6-2-1-3-7-13/h4-5,8H,1-3,6-7H2,(H,15,17). The summed E-state index contributed by atoms with van der Waals surface area (Å²) in [7, 11) is 0. The van der Waals surface area contributed by atoms with Gasteiger partial charge in [-0.25, -0.2) is 0 Å². The van der Waals surface area contributed by atoms with Gasteiger partial charge in [-0.2, -0.15) is 0 Å². The van der Waals surface area contributed by atoms with Crippen LogP contribution >= 0.6 is 23.8 Å². The van der Waals surface area contributed by atoms with E-state index in [0.29, 0.717) is 5.17 Å². The van der Waals surface area contributed by atoms with Gasteiger partial charge in [0.1, 0.15) is 5.60 Å². The molecule has 4 heteroatoms. The van der Waals surface area contributed by atoms with Crippen LogP contribution in [0.5, 0.6) is 0 Å². The molecule has 2 nitrogen and oxygen atoms in total. The van der Waals surface area contributed by atoms with Gasteiger partial charge in [0, 0.05) is 16.3 Å². The number of benzene rings is 1. The van der Waals surface area contributed by atoms with E-state index in [1.807, 2.05) is 18.2 Å². The van der Waals surface area contributed by atoms with Gasteiger partial charge in [0.2, 0.25) is 0 Å². The van der Waals surface area contributed by atoms with E-state index in [9.17, 15) is 0 Å². The van der Waals surface area contributed by atoms with E-state index in [1.54, 1.807) is 0 Å². The minimum Gasteiger partial charge on any atom is -0.459 e. The zero-order chi connectivity index (χ0) is 11.9. The van der Waals surface area contributed by atoms with Gasteiger partial charge >= 0.3 is 0 Å². The first kappa shape index (κ1) is 11.3. The van der Waals surface area contributed by atoms with Crippen molar-refractivity contribution in [2.45, 2.75) is 37.7 Å². The van der Waals surface area contributed by atoms with Crippen molar-refractivity contribution in [3.05, 3.63) is 28.8 Å². The Morgan fingerprint density at radius 2 is 2.00 bits per heavy atom. The highest BCUT2D eigenvalue weighted by molar-refractivity contribution is 7.80. The predicted octanol–water partition coefficient (Wildman–Crippen LogP) is 4.23. The van der Waals surface area contributed by atoms with E-state index in [0.717, 1.165) is 23.6 Å². The third-order valence-electron chi connectivity index (χ3n) is 3.66. The number of thiocarbonyl (C=S) groups is 1. The Hall–Kier alpha value is -0.800. The lowest BCUT2D eigenvalue weighted by Crippen LogP contribution is -2.40. The number of halogens is 1. The fourth-order valence-electron chi connectivity index (χ4n) is 2.86. The van der Waals surface area contributed by atoms with Gasteiger partial charge < -0.3 is 10.1 Å². The monoisotopic (exact) mass is 267 g/mol. The molecule has 0 atom stereocenters. The molecule has 1 fully saturated rings. The maximum absolute atomic E-state index is 6.10. The van der Waals surface area contributed by atoms with Crippen LogP contribution < -0.4 is 5.32 Å². The number of nitrogens with one attached hydrogen (secondary N) is 1. The van der Waals surface area contributed by atoms with Gasteiger partial charge in [-0.1, -0.05) is 18.0 Å². The SMILES string of the molecule is S=C1Nc2ccc(Cl)cc2C2(CCCCC2)O1. The first-order chi connectivity index (χ1) is 8.20. The number of ether oxygens (including phenoxy) is 1. The van der Waals surface area contributed by atoms with E-state index in [-0.39, 0.29) is 5.60 Å². The van der Waals surface area contributed by atoms with Gasteiger partial charge in [0.25, 0.3) is 5.17 Å². The largest absolute Gasteiger partial charge is 0.459 e. The molecule has 1 heterocycles. The molecule has 1 aromatic carbocycles. The first-order valence-corrected chi connectivity index (χ1v) is 6.78. The number of rotatable bonds is 0. The molecular formula is C13H14ClNOS. The third kappa shape index (κ3) is 1.91. The van der Waals surface area contributed by atoms with Crippen molar-refractivity contribution in [3.8, 4) is 0 Å². The summed E-state index contributed by atoms with van der Waals surface area (Å²) >= 11 is 11.3. The summed E-state index contributed by atoms with van der Waals surface area (Å²) in [4.78, 5) is 0. The van der Waals surface area contributed by atoms with Crippen LogP contribution in [0.2, 0.25) is 5.02 Å². The number of fused-ring (bicyclic) bond motifs is 2. The second-order valence-electron chi connectivity index (χ2n) is 4.76. The van der Waals surface area contributed by atoms with Crippen LogP contribution in [0.3, 0.4) is 0 Å². The van der Waals surface area contributed by atoms with Gasteiger partial charge in [-0.3, -0.25) is 0 Å². The summed E-state index contributed by atoms with van der Waals surface area (Å²) in [5, 5.41) is 4.35. The Kier molecular flexibility index (Phi) is 2.75. The third-order valence-corrected chi connectivity index (χ3v) is 4.08. The molecule has 90 valence electrons. The Balaban J connectivity index is 2.11. The second kappa shape index (κ2) is 4.14. The van der Waals surface area contributed by atoms with Gasteiger partial charge in [0.15, 0.2) is 0 Å². The molecule has 0 radical (unpaired) electrons. The van der Waals surface area contributed by atoms with Crippen molar-refractivity contribution in [1.82, 2.24) is 0 Å². The number of hydrogen-bond acceptors (Lipinski definition) is 2. The lowest BCUT2D eigenvalue weighted by molar-refractivity contribution is 0.0141. The van der Waals surface area contributed by atoms with Crippen LogP contribution in [0, 0.1) is 0 Å². The molecule has 1 spiro atoms. The van der Waals surface area contributed by atoms with Crippen LogP contribution in [0.1, 0.15) is 37.7 Å². The summed E-state index contributed by atoms with van der Waals surface area (Å²) in [6.07, 6.45) is 5.72. The van der Waals surface area contributed by atoms with E-state index < -0.39 is 0 Å². The van der Waals surface area contributed by atoms with E-state index in [4.69, 9.17) is 28.6 Å². The average molecular weight is 268 g/mol. The van der Waals surface area contributed by atoms with E-state index in [2.05, 4.69) is 5.32 Å². The molecule has 1 aromatic rings. The molecule has 2 aliphatic rings. The summed E-state index contributed by atoms with van der Waals surface area (Å²) in [6.45, 7) is 0. The fraction of sp³-hybridized carbons (Fsp3) is 0.462. The number of hydrogen-bond donors (Lipinski definition) is 1. The molecule has 1 aliphatic carbocycles. The molecule has 1 saturated carbocycles. The van der Waals surface area contributed by atoms with Crippen molar-refractivity contribution in [2.24, 2.45) is 0 Å². The molecule has 1 aliphatic heterocycles. The lowest BCUT2D eigenvalue weighted by atomic mass is 9.78. The first-order valence-electron chi connectivity index (χ1n) is 6.00. The minimum absolute atomic E-state index is 0.235. The van der Waals surface area contributed by atoms with Crippen LogP contribution in [-0.4, -0.2) is 5.17 Å². The molecule has 0 aromatic heterocycles. The zero-order valence-electron chi connectivity index (χ0n) is 9.46. The summed E-state index contributed by atoms with van der Waals surface area (Å²) in [5.74, 6) is 0. The topological polar surface area (TPSA) is 21.3 Å². The maximum Gasteiger partial charge on any atom is 0.262 e. The Labute approximate surface area is 111 Å². The fourth-order valence-corrected chi connectivity index (χ4v) is 3.31. The Bertz CT molecular complexity index is 468. The molecule has 0 saturated heterocycles. The molecule has 17 heavy (non-hydrogen) atoms. The predicted molar refractivity (Wildman–Crippen MR) is 73.5 cm³/mol. The highest BCUT2D eigenvalue weighted by atomic mass is 35.5. The van der Waals surface area contributed by atoms with Crippen LogP contribution in [-0.2, 0) is 10.3 Å². The van der Waals surface area contributed by atoms with Gasteiger partial charge in [-0.15, -0.1) is 0 Å². The quantitative estimate of drug-likeness (QED) is 0.711. The molecular weight excluding hydrogens is 254 g/mol. The molecule has 0 amide bonds. The van der Waals surface area contributed by atoms with E-state index in [1.165, 1.54) is 24.8 Å². The number of anilines is 1. The van der Waals surface area contributed by atoms with Gasteiger partial charge in [0.05, 0.1) is 0 Å². The van der Waals surface area contributed by atoms with Crippen molar-refractivity contribution >= 4 is 34.7 Å². The molecule has 3 rings (SSSR count). The van der Waals surface area contributed by atoms with Crippen molar-refractivity contribution in [2.75, 3.05) is 5.32 Å². The second-order valence-corrected chi connectivity index (χ2v) is 5.57. The smallest absolute Gasteiger partial charge is 0.262 e. The molecule has 1 N–H and O–H groups in total.